The number of rotatable bonds is 0. The van der Waals surface area contributed by atoms with Crippen molar-refractivity contribution < 1.29 is 0 Å². The Hall–Kier alpha value is -0.550. The van der Waals surface area contributed by atoms with E-state index in [0.29, 0.717) is 0 Å². The van der Waals surface area contributed by atoms with E-state index in [2.05, 4.69) is 11.4 Å². The quantitative estimate of drug-likeness (QED) is 0.497. The van der Waals surface area contributed by atoms with Crippen LogP contribution in [0.15, 0.2) is 0 Å². The summed E-state index contributed by atoms with van der Waals surface area (Å²) in [5.74, 6) is 0. The van der Waals surface area contributed by atoms with Crippen LogP contribution in [-0.4, -0.2) is 12.1 Å². The standard InChI is InChI=1S/C6H10N2/c1-6(5-7)3-2-4-8-6/h8H,2-4H2,1H3/t6-/m1/s1. The van der Waals surface area contributed by atoms with E-state index in [-0.39, 0.29) is 5.54 Å². The zero-order valence-corrected chi connectivity index (χ0v) is 5.07. The second-order valence-corrected chi connectivity index (χ2v) is 2.47. The van der Waals surface area contributed by atoms with Crippen LogP contribution >= 0.6 is 0 Å². The van der Waals surface area contributed by atoms with E-state index in [1.807, 2.05) is 6.92 Å². The van der Waals surface area contributed by atoms with Crippen molar-refractivity contribution in [3.63, 3.8) is 0 Å². The molecule has 44 valence electrons. The van der Waals surface area contributed by atoms with Crippen molar-refractivity contribution >= 4 is 0 Å². The van der Waals surface area contributed by atoms with E-state index < -0.39 is 0 Å². The molecule has 1 fully saturated rings. The Morgan fingerprint density at radius 1 is 1.75 bits per heavy atom. The van der Waals surface area contributed by atoms with Crippen LogP contribution in [0, 0.1) is 11.3 Å². The minimum Gasteiger partial charge on any atom is -0.300 e. The highest BCUT2D eigenvalue weighted by Gasteiger charge is 2.26. The molecule has 1 atom stereocenters. The number of nitrogens with one attached hydrogen (secondary N) is 1. The SMILES string of the molecule is C[C@]1(C#N)CCCN1. The zero-order valence-electron chi connectivity index (χ0n) is 5.07. The van der Waals surface area contributed by atoms with Crippen LogP contribution in [0.5, 0.6) is 0 Å². The van der Waals surface area contributed by atoms with Gasteiger partial charge in [-0.05, 0) is 26.3 Å². The Bertz CT molecular complexity index is 117. The molecule has 0 aromatic carbocycles. The maximum atomic E-state index is 8.51. The lowest BCUT2D eigenvalue weighted by molar-refractivity contribution is 0.533. The first-order chi connectivity index (χ1) is 3.77. The molecule has 0 aromatic rings. The fourth-order valence-electron chi connectivity index (χ4n) is 0.990. The first kappa shape index (κ1) is 5.58. The summed E-state index contributed by atoms with van der Waals surface area (Å²) >= 11 is 0. The number of hydrogen-bond acceptors (Lipinski definition) is 2. The zero-order chi connectivity index (χ0) is 6.04. The molecule has 0 aliphatic carbocycles. The predicted octanol–water partition coefficient (Wildman–Crippen LogP) is 0.652. The molecule has 0 bridgehead atoms. The molecule has 1 saturated heterocycles. The van der Waals surface area contributed by atoms with Gasteiger partial charge in [-0.2, -0.15) is 5.26 Å². The Labute approximate surface area is 49.5 Å². The summed E-state index contributed by atoms with van der Waals surface area (Å²) in [5.41, 5.74) is -0.208. The van der Waals surface area contributed by atoms with Gasteiger partial charge in [-0.25, -0.2) is 0 Å². The van der Waals surface area contributed by atoms with Crippen molar-refractivity contribution in [3.8, 4) is 6.07 Å². The van der Waals surface area contributed by atoms with Gasteiger partial charge in [0.25, 0.3) is 0 Å². The summed E-state index contributed by atoms with van der Waals surface area (Å²) < 4.78 is 0. The van der Waals surface area contributed by atoms with Crippen molar-refractivity contribution in [1.29, 1.82) is 5.26 Å². The van der Waals surface area contributed by atoms with Gasteiger partial charge in [-0.1, -0.05) is 0 Å². The van der Waals surface area contributed by atoms with Gasteiger partial charge in [0.05, 0.1) is 6.07 Å². The summed E-state index contributed by atoms with van der Waals surface area (Å²) in [6, 6.07) is 2.23. The third kappa shape index (κ3) is 0.823. The molecule has 8 heavy (non-hydrogen) atoms. The third-order valence-electron chi connectivity index (χ3n) is 1.62. The van der Waals surface area contributed by atoms with Crippen LogP contribution in [-0.2, 0) is 0 Å². The molecule has 0 unspecified atom stereocenters. The van der Waals surface area contributed by atoms with Crippen molar-refractivity contribution in [2.75, 3.05) is 6.54 Å². The lowest BCUT2D eigenvalue weighted by Crippen LogP contribution is -2.33. The van der Waals surface area contributed by atoms with E-state index in [4.69, 9.17) is 5.26 Å². The molecule has 1 heterocycles. The largest absolute Gasteiger partial charge is 0.300 e. The molecular formula is C6H10N2. The average molecular weight is 110 g/mol. The highest BCUT2D eigenvalue weighted by molar-refractivity contribution is 5.06. The Kier molecular flexibility index (Phi) is 1.22. The summed E-state index contributed by atoms with van der Waals surface area (Å²) in [6.07, 6.45) is 2.15. The molecule has 2 nitrogen and oxygen atoms in total. The molecule has 0 radical (unpaired) electrons. The fourth-order valence-corrected chi connectivity index (χ4v) is 0.990. The van der Waals surface area contributed by atoms with Gasteiger partial charge in [0.15, 0.2) is 0 Å². The van der Waals surface area contributed by atoms with Gasteiger partial charge >= 0.3 is 0 Å². The lowest BCUT2D eigenvalue weighted by Gasteiger charge is -2.11. The molecule has 2 heteroatoms. The first-order valence-corrected chi connectivity index (χ1v) is 2.93. The van der Waals surface area contributed by atoms with Crippen molar-refractivity contribution in [3.05, 3.63) is 0 Å². The predicted molar refractivity (Wildman–Crippen MR) is 31.3 cm³/mol. The molecule has 1 N–H and O–H groups in total. The van der Waals surface area contributed by atoms with Gasteiger partial charge in [-0.3, -0.25) is 5.32 Å². The van der Waals surface area contributed by atoms with Gasteiger partial charge < -0.3 is 0 Å². The van der Waals surface area contributed by atoms with E-state index in [1.54, 1.807) is 0 Å². The Morgan fingerprint density at radius 3 is 2.75 bits per heavy atom. The Balaban J connectivity index is 2.56. The van der Waals surface area contributed by atoms with Crippen LogP contribution in [0.4, 0.5) is 0 Å². The second-order valence-electron chi connectivity index (χ2n) is 2.47. The van der Waals surface area contributed by atoms with Crippen molar-refractivity contribution in [1.82, 2.24) is 5.32 Å². The highest BCUT2D eigenvalue weighted by atomic mass is 15.0. The van der Waals surface area contributed by atoms with Crippen LogP contribution in [0.25, 0.3) is 0 Å². The number of nitriles is 1. The lowest BCUT2D eigenvalue weighted by atomic mass is 10.0. The van der Waals surface area contributed by atoms with Gasteiger partial charge in [0, 0.05) is 0 Å². The summed E-state index contributed by atoms with van der Waals surface area (Å²) in [4.78, 5) is 0. The molecule has 0 amide bonds. The van der Waals surface area contributed by atoms with Gasteiger partial charge in [-0.15, -0.1) is 0 Å². The van der Waals surface area contributed by atoms with Crippen LogP contribution in [0.2, 0.25) is 0 Å². The maximum Gasteiger partial charge on any atom is 0.103 e. The van der Waals surface area contributed by atoms with Gasteiger partial charge in [0.1, 0.15) is 5.54 Å². The number of nitrogens with zero attached hydrogens (tertiary/aromatic N) is 1. The van der Waals surface area contributed by atoms with Gasteiger partial charge in [0.2, 0.25) is 0 Å². The smallest absolute Gasteiger partial charge is 0.103 e. The van der Waals surface area contributed by atoms with E-state index in [0.717, 1.165) is 19.4 Å². The summed E-state index contributed by atoms with van der Waals surface area (Å²) in [7, 11) is 0. The normalized spacial score (nSPS) is 37.0. The molecule has 0 saturated carbocycles. The fraction of sp³-hybridized carbons (Fsp3) is 0.833. The van der Waals surface area contributed by atoms with E-state index in [9.17, 15) is 0 Å². The molecule has 1 rings (SSSR count). The molecular weight excluding hydrogens is 100 g/mol. The Morgan fingerprint density at radius 2 is 2.50 bits per heavy atom. The minimum atomic E-state index is -0.208. The second kappa shape index (κ2) is 1.75. The third-order valence-corrected chi connectivity index (χ3v) is 1.62. The van der Waals surface area contributed by atoms with E-state index >= 15 is 0 Å². The maximum absolute atomic E-state index is 8.51. The minimum absolute atomic E-state index is 0.208. The average Bonchev–Trinajstić information content (AvgIpc) is 2.17. The first-order valence-electron chi connectivity index (χ1n) is 2.93. The summed E-state index contributed by atoms with van der Waals surface area (Å²) in [5, 5.41) is 11.6. The van der Waals surface area contributed by atoms with Crippen molar-refractivity contribution in [2.45, 2.75) is 25.3 Å². The number of hydrogen-bond donors (Lipinski definition) is 1. The molecule has 1 aliphatic rings. The van der Waals surface area contributed by atoms with Crippen LogP contribution < -0.4 is 5.32 Å². The van der Waals surface area contributed by atoms with Crippen molar-refractivity contribution in [2.24, 2.45) is 0 Å². The van der Waals surface area contributed by atoms with Crippen LogP contribution in [0.3, 0.4) is 0 Å². The topological polar surface area (TPSA) is 35.8 Å². The van der Waals surface area contributed by atoms with E-state index in [1.165, 1.54) is 0 Å². The molecule has 0 aromatic heterocycles. The highest BCUT2D eigenvalue weighted by Crippen LogP contribution is 2.15. The molecule has 0 spiro atoms. The summed E-state index contributed by atoms with van der Waals surface area (Å²) in [6.45, 7) is 2.95. The molecule has 1 aliphatic heterocycles. The van der Waals surface area contributed by atoms with Crippen LogP contribution in [0.1, 0.15) is 19.8 Å². The monoisotopic (exact) mass is 110 g/mol.